The highest BCUT2D eigenvalue weighted by molar-refractivity contribution is 9.10. The lowest BCUT2D eigenvalue weighted by molar-refractivity contribution is -0.127. The van der Waals surface area contributed by atoms with Crippen LogP contribution in [0.3, 0.4) is 0 Å². The number of piperidine rings is 1. The number of hydrogen-bond acceptors (Lipinski definition) is 3. The van der Waals surface area contributed by atoms with E-state index in [2.05, 4.69) is 21.2 Å². The van der Waals surface area contributed by atoms with Gasteiger partial charge < -0.3 is 5.32 Å². The molecule has 7 heteroatoms. The molecule has 0 aliphatic carbocycles. The summed E-state index contributed by atoms with van der Waals surface area (Å²) in [4.78, 5) is 12.8. The first kappa shape index (κ1) is 19.4. The van der Waals surface area contributed by atoms with E-state index in [1.54, 1.807) is 24.3 Å². The smallest absolute Gasteiger partial charge is 0.243 e. The van der Waals surface area contributed by atoms with Gasteiger partial charge in [0.1, 0.15) is 0 Å². The van der Waals surface area contributed by atoms with Crippen LogP contribution in [0.4, 0.5) is 0 Å². The highest BCUT2D eigenvalue weighted by Crippen LogP contribution is 2.25. The molecule has 0 aromatic heterocycles. The first-order valence-corrected chi connectivity index (χ1v) is 10.5. The fraction of sp³-hybridized carbons (Fsp3) is 0.588. The average Bonchev–Trinajstić information content (AvgIpc) is 2.55. The summed E-state index contributed by atoms with van der Waals surface area (Å²) < 4.78 is 27.8. The average molecular weight is 417 g/mol. The van der Waals surface area contributed by atoms with Gasteiger partial charge in [-0.05, 0) is 57.4 Å². The van der Waals surface area contributed by atoms with Gasteiger partial charge in [-0.25, -0.2) is 8.42 Å². The van der Waals surface area contributed by atoms with Crippen molar-refractivity contribution in [1.29, 1.82) is 0 Å². The van der Waals surface area contributed by atoms with Crippen molar-refractivity contribution in [2.45, 2.75) is 50.5 Å². The molecule has 1 aromatic carbocycles. The summed E-state index contributed by atoms with van der Waals surface area (Å²) in [5.41, 5.74) is -0.274. The molecule has 0 bridgehead atoms. The maximum atomic E-state index is 12.8. The molecule has 24 heavy (non-hydrogen) atoms. The molecule has 134 valence electrons. The van der Waals surface area contributed by atoms with Gasteiger partial charge in [-0.1, -0.05) is 22.9 Å². The summed E-state index contributed by atoms with van der Waals surface area (Å²) in [5.74, 6) is -0.354. The Morgan fingerprint density at radius 1 is 1.33 bits per heavy atom. The molecule has 1 aromatic rings. The van der Waals surface area contributed by atoms with Gasteiger partial charge in [0.2, 0.25) is 15.9 Å². The van der Waals surface area contributed by atoms with Crippen molar-refractivity contribution in [2.75, 3.05) is 13.1 Å². The predicted octanol–water partition coefficient (Wildman–Crippen LogP) is 3.15. The molecule has 1 amide bonds. The van der Waals surface area contributed by atoms with Gasteiger partial charge in [0.25, 0.3) is 0 Å². The molecule has 1 unspecified atom stereocenters. The third kappa shape index (κ3) is 4.58. The van der Waals surface area contributed by atoms with Crippen LogP contribution in [-0.2, 0) is 14.8 Å². The van der Waals surface area contributed by atoms with Crippen LogP contribution in [0.1, 0.15) is 40.0 Å². The zero-order valence-electron chi connectivity index (χ0n) is 14.4. The van der Waals surface area contributed by atoms with E-state index in [4.69, 9.17) is 0 Å². The van der Waals surface area contributed by atoms with Gasteiger partial charge in [0.15, 0.2) is 0 Å². The minimum absolute atomic E-state index is 0.0578. The number of benzene rings is 1. The number of halogens is 1. The first-order valence-electron chi connectivity index (χ1n) is 8.23. The highest BCUT2D eigenvalue weighted by atomic mass is 79.9. The van der Waals surface area contributed by atoms with Crippen LogP contribution in [-0.4, -0.2) is 37.3 Å². The molecule has 1 aliphatic rings. The van der Waals surface area contributed by atoms with E-state index < -0.39 is 10.0 Å². The third-order valence-corrected chi connectivity index (χ3v) is 6.96. The van der Waals surface area contributed by atoms with Crippen LogP contribution in [0.15, 0.2) is 33.6 Å². The molecule has 0 spiro atoms. The molecular formula is C17H25BrN2O3S. The standard InChI is InChI=1S/C17H25BrN2O3S/c1-4-17(2,3)19-16(21)13-6-5-11-20(12-13)24(22,23)15-9-7-14(18)8-10-15/h7-10,13H,4-6,11-12H2,1-3H3,(H,19,21). The van der Waals surface area contributed by atoms with Gasteiger partial charge in [0.05, 0.1) is 10.8 Å². The molecule has 1 fully saturated rings. The molecule has 1 heterocycles. The van der Waals surface area contributed by atoms with Crippen LogP contribution >= 0.6 is 15.9 Å². The number of sulfonamides is 1. The Bertz CT molecular complexity index is 686. The van der Waals surface area contributed by atoms with Crippen molar-refractivity contribution in [3.63, 3.8) is 0 Å². The summed E-state index contributed by atoms with van der Waals surface area (Å²) in [6.07, 6.45) is 2.24. The Morgan fingerprint density at radius 3 is 2.54 bits per heavy atom. The predicted molar refractivity (Wildman–Crippen MR) is 98.1 cm³/mol. The first-order chi connectivity index (χ1) is 11.2. The third-order valence-electron chi connectivity index (χ3n) is 4.55. The monoisotopic (exact) mass is 416 g/mol. The Morgan fingerprint density at radius 2 is 1.96 bits per heavy atom. The van der Waals surface area contributed by atoms with E-state index in [1.165, 1.54) is 4.31 Å². The van der Waals surface area contributed by atoms with Crippen molar-refractivity contribution < 1.29 is 13.2 Å². The van der Waals surface area contributed by atoms with E-state index in [1.807, 2.05) is 20.8 Å². The van der Waals surface area contributed by atoms with Crippen LogP contribution in [0, 0.1) is 5.92 Å². The van der Waals surface area contributed by atoms with Crippen molar-refractivity contribution in [3.05, 3.63) is 28.7 Å². The zero-order valence-corrected chi connectivity index (χ0v) is 16.8. The summed E-state index contributed by atoms with van der Waals surface area (Å²) in [7, 11) is -3.56. The topological polar surface area (TPSA) is 66.5 Å². The molecule has 5 nitrogen and oxygen atoms in total. The van der Waals surface area contributed by atoms with Crippen molar-refractivity contribution in [2.24, 2.45) is 5.92 Å². The largest absolute Gasteiger partial charge is 0.351 e. The molecule has 1 saturated heterocycles. The lowest BCUT2D eigenvalue weighted by atomic mass is 9.95. The number of hydrogen-bond donors (Lipinski definition) is 1. The minimum atomic E-state index is -3.56. The SMILES string of the molecule is CCC(C)(C)NC(=O)C1CCCN(S(=O)(=O)c2ccc(Br)cc2)C1. The van der Waals surface area contributed by atoms with Crippen molar-refractivity contribution in [3.8, 4) is 0 Å². The lowest BCUT2D eigenvalue weighted by Gasteiger charge is -2.33. The Labute approximate surface area is 153 Å². The summed E-state index contributed by atoms with van der Waals surface area (Å²) in [6, 6.07) is 6.60. The maximum absolute atomic E-state index is 12.8. The van der Waals surface area contributed by atoms with Crippen LogP contribution in [0.25, 0.3) is 0 Å². The molecule has 1 aliphatic heterocycles. The molecule has 0 saturated carbocycles. The van der Waals surface area contributed by atoms with E-state index in [-0.39, 0.29) is 28.8 Å². The fourth-order valence-corrected chi connectivity index (χ4v) is 4.44. The van der Waals surface area contributed by atoms with Gasteiger partial charge in [-0.2, -0.15) is 4.31 Å². The number of nitrogens with one attached hydrogen (secondary N) is 1. The van der Waals surface area contributed by atoms with E-state index >= 15 is 0 Å². The second-order valence-corrected chi connectivity index (χ2v) is 9.74. The Kier molecular flexibility index (Phi) is 6.09. The molecule has 1 atom stereocenters. The summed E-state index contributed by atoms with van der Waals surface area (Å²) >= 11 is 3.31. The van der Waals surface area contributed by atoms with Crippen LogP contribution in [0.5, 0.6) is 0 Å². The number of carbonyl (C=O) groups is 1. The number of rotatable bonds is 5. The summed E-state index contributed by atoms with van der Waals surface area (Å²) in [6.45, 7) is 6.67. The second-order valence-electron chi connectivity index (χ2n) is 6.88. The maximum Gasteiger partial charge on any atom is 0.243 e. The normalized spacial score (nSPS) is 19.9. The van der Waals surface area contributed by atoms with Gasteiger partial charge >= 0.3 is 0 Å². The lowest BCUT2D eigenvalue weighted by Crippen LogP contribution is -2.50. The van der Waals surface area contributed by atoms with E-state index in [0.717, 1.165) is 17.3 Å². The highest BCUT2D eigenvalue weighted by Gasteiger charge is 2.34. The number of nitrogens with zero attached hydrogens (tertiary/aromatic N) is 1. The van der Waals surface area contributed by atoms with Crippen LogP contribution < -0.4 is 5.32 Å². The second kappa shape index (κ2) is 7.54. The van der Waals surface area contributed by atoms with E-state index in [9.17, 15) is 13.2 Å². The minimum Gasteiger partial charge on any atom is -0.351 e. The molecule has 2 rings (SSSR count). The van der Waals surface area contributed by atoms with Gasteiger partial charge in [0, 0.05) is 23.1 Å². The molecule has 1 N–H and O–H groups in total. The van der Waals surface area contributed by atoms with Gasteiger partial charge in [-0.15, -0.1) is 0 Å². The van der Waals surface area contributed by atoms with Crippen LogP contribution in [0.2, 0.25) is 0 Å². The Hall–Kier alpha value is -0.920. The van der Waals surface area contributed by atoms with Crippen molar-refractivity contribution in [1.82, 2.24) is 9.62 Å². The zero-order chi connectivity index (χ0) is 18.0. The quantitative estimate of drug-likeness (QED) is 0.801. The molecule has 0 radical (unpaired) electrons. The van der Waals surface area contributed by atoms with Crippen molar-refractivity contribution >= 4 is 31.9 Å². The van der Waals surface area contributed by atoms with E-state index in [0.29, 0.717) is 13.0 Å². The Balaban J connectivity index is 2.12. The number of amides is 1. The van der Waals surface area contributed by atoms with Gasteiger partial charge in [-0.3, -0.25) is 4.79 Å². The fourth-order valence-electron chi connectivity index (χ4n) is 2.65. The molecular weight excluding hydrogens is 392 g/mol. The summed E-state index contributed by atoms with van der Waals surface area (Å²) in [5, 5.41) is 3.03. The number of carbonyl (C=O) groups excluding carboxylic acids is 1.